The van der Waals surface area contributed by atoms with Gasteiger partial charge in [-0.1, -0.05) is 0 Å². The van der Waals surface area contributed by atoms with Crippen molar-refractivity contribution in [2.45, 2.75) is 29.5 Å². The number of carbonyl (C=O) groups is 1. The molecule has 1 aromatic heterocycles. The molecule has 0 saturated carbocycles. The number of aliphatic hydroxyl groups excluding tert-OH is 1. The Morgan fingerprint density at radius 2 is 2.19 bits per heavy atom. The molecule has 3 unspecified atom stereocenters. The lowest BCUT2D eigenvalue weighted by molar-refractivity contribution is -0.00309. The number of nitrogens with two attached hydrogens (primary N) is 1. The molecular weight excluding hydrogens is 429 g/mol. The Kier molecular flexibility index (Phi) is 3.05. The van der Waals surface area contributed by atoms with Crippen LogP contribution < -0.4 is 16.4 Å². The van der Waals surface area contributed by atoms with Crippen LogP contribution in [0.15, 0.2) is 9.08 Å². The molecule has 114 valence electrons. The Balaban J connectivity index is 1.98. The number of alkyl halides is 1. The molecule has 0 aromatic carbocycles. The number of amides is 1. The van der Waals surface area contributed by atoms with Gasteiger partial charge >= 0.3 is 0 Å². The Morgan fingerprint density at radius 1 is 1.48 bits per heavy atom. The van der Waals surface area contributed by atoms with Gasteiger partial charge in [-0.15, -0.1) is 11.6 Å². The summed E-state index contributed by atoms with van der Waals surface area (Å²) in [6, 6.07) is -0.365. The number of aliphatic hydroxyl groups is 1. The Hall–Kier alpha value is -0.160. The van der Waals surface area contributed by atoms with Gasteiger partial charge in [0.15, 0.2) is 0 Å². The van der Waals surface area contributed by atoms with Crippen LogP contribution in [0.1, 0.15) is 22.1 Å². The molecule has 3 aliphatic heterocycles. The van der Waals surface area contributed by atoms with Crippen LogP contribution >= 0.6 is 43.5 Å². The highest BCUT2D eigenvalue weighted by Gasteiger charge is 2.66. The minimum Gasteiger partial charge on any atom is -0.388 e. The molecule has 0 bridgehead atoms. The van der Waals surface area contributed by atoms with Crippen molar-refractivity contribution in [1.29, 1.82) is 0 Å². The number of aromatic nitrogens is 1. The summed E-state index contributed by atoms with van der Waals surface area (Å²) in [7, 11) is 0. The number of rotatable bonds is 0. The van der Waals surface area contributed by atoms with E-state index in [0.29, 0.717) is 10.3 Å². The first-order valence-corrected chi connectivity index (χ1v) is 8.40. The van der Waals surface area contributed by atoms with Crippen LogP contribution in [0.5, 0.6) is 0 Å². The molecular formula is C11H12Br2ClN5O2. The molecule has 7 nitrogen and oxygen atoms in total. The van der Waals surface area contributed by atoms with E-state index in [9.17, 15) is 9.90 Å². The van der Waals surface area contributed by atoms with Crippen LogP contribution in [-0.4, -0.2) is 50.9 Å². The van der Waals surface area contributed by atoms with Crippen molar-refractivity contribution in [2.75, 3.05) is 6.54 Å². The molecule has 4 heterocycles. The summed E-state index contributed by atoms with van der Waals surface area (Å²) >= 11 is 13.1. The van der Waals surface area contributed by atoms with Gasteiger partial charge in [-0.3, -0.25) is 15.4 Å². The normalized spacial score (nSPS) is 41.2. The fourth-order valence-electron chi connectivity index (χ4n) is 3.62. The average Bonchev–Trinajstić information content (AvgIpc) is 3.00. The number of carbonyl (C=O) groups excluding carboxylic acids is 1. The van der Waals surface area contributed by atoms with Crippen molar-refractivity contribution in [2.24, 2.45) is 5.73 Å². The molecule has 6 N–H and O–H groups in total. The molecule has 1 amide bonds. The Labute approximate surface area is 141 Å². The van der Waals surface area contributed by atoms with E-state index < -0.39 is 23.4 Å². The van der Waals surface area contributed by atoms with Crippen molar-refractivity contribution >= 4 is 49.4 Å². The lowest BCUT2D eigenvalue weighted by atomic mass is 9.86. The second-order valence-corrected chi connectivity index (χ2v) is 7.61. The fourth-order valence-corrected chi connectivity index (χ4v) is 4.89. The highest BCUT2D eigenvalue weighted by atomic mass is 79.9. The number of halogens is 3. The fraction of sp³-hybridized carbons (Fsp3) is 0.545. The predicted octanol–water partition coefficient (Wildman–Crippen LogP) is 0.150. The van der Waals surface area contributed by atoms with Crippen LogP contribution in [0.2, 0.25) is 0 Å². The molecule has 2 fully saturated rings. The van der Waals surface area contributed by atoms with E-state index in [-0.39, 0.29) is 18.5 Å². The summed E-state index contributed by atoms with van der Waals surface area (Å²) in [5, 5.41) is 16.3. The zero-order valence-electron chi connectivity index (χ0n) is 10.5. The third kappa shape index (κ3) is 1.60. The zero-order chi connectivity index (χ0) is 15.1. The van der Waals surface area contributed by atoms with Gasteiger partial charge < -0.3 is 20.7 Å². The zero-order valence-corrected chi connectivity index (χ0v) is 14.5. The van der Waals surface area contributed by atoms with Gasteiger partial charge in [0.25, 0.3) is 5.91 Å². The second kappa shape index (κ2) is 4.44. The standard InChI is InChI=1S/C11H12Br2ClN5O2/c12-4-3-5(16-8(4)13)9(21)19-1-2(14)7(20)11(19)6(3)17-10(15)18-11/h2,6-7,10,16-18,20H,1,15H2/t2-,6?,7-,10?,11?/m0/s1. The third-order valence-electron chi connectivity index (χ3n) is 4.45. The van der Waals surface area contributed by atoms with Crippen LogP contribution in [0.25, 0.3) is 0 Å². The maximum Gasteiger partial charge on any atom is 0.272 e. The highest BCUT2D eigenvalue weighted by molar-refractivity contribution is 9.13. The van der Waals surface area contributed by atoms with Gasteiger partial charge in [0.05, 0.1) is 20.5 Å². The van der Waals surface area contributed by atoms with Gasteiger partial charge in [0.1, 0.15) is 23.8 Å². The molecule has 4 rings (SSSR count). The first-order chi connectivity index (χ1) is 9.87. The number of hydrogen-bond acceptors (Lipinski definition) is 5. The molecule has 1 spiro atoms. The van der Waals surface area contributed by atoms with Gasteiger partial charge in [0, 0.05) is 12.1 Å². The quantitative estimate of drug-likeness (QED) is 0.369. The minimum atomic E-state index is -1.03. The first-order valence-electron chi connectivity index (χ1n) is 6.38. The van der Waals surface area contributed by atoms with E-state index in [2.05, 4.69) is 47.5 Å². The molecule has 0 aliphatic carbocycles. The SMILES string of the molecule is NC1NC2c3c([nH]c(Br)c3Br)C(=O)N3C[C@H](Cl)[C@H](O)C23N1. The summed E-state index contributed by atoms with van der Waals surface area (Å²) in [5.41, 5.74) is 6.15. The molecule has 1 aromatic rings. The average molecular weight is 442 g/mol. The third-order valence-corrected chi connectivity index (χ3v) is 6.78. The van der Waals surface area contributed by atoms with Gasteiger partial charge in [0.2, 0.25) is 0 Å². The van der Waals surface area contributed by atoms with Gasteiger partial charge in [-0.25, -0.2) is 0 Å². The number of fused-ring (bicyclic) bond motifs is 2. The molecule has 0 radical (unpaired) electrons. The van der Waals surface area contributed by atoms with Crippen molar-refractivity contribution in [3.63, 3.8) is 0 Å². The van der Waals surface area contributed by atoms with E-state index in [1.165, 1.54) is 0 Å². The Bertz CT molecular complexity index is 655. The summed E-state index contributed by atoms with van der Waals surface area (Å²) in [6.07, 6.45) is -1.48. The first kappa shape index (κ1) is 14.4. The predicted molar refractivity (Wildman–Crippen MR) is 82.6 cm³/mol. The smallest absolute Gasteiger partial charge is 0.272 e. The lowest BCUT2D eigenvalue weighted by Gasteiger charge is -2.44. The maximum absolute atomic E-state index is 12.8. The summed E-state index contributed by atoms with van der Waals surface area (Å²) < 4.78 is 1.42. The van der Waals surface area contributed by atoms with E-state index in [0.717, 1.165) is 10.0 Å². The summed E-state index contributed by atoms with van der Waals surface area (Å²) in [6.45, 7) is 0.257. The van der Waals surface area contributed by atoms with E-state index in [1.54, 1.807) is 4.90 Å². The topological polar surface area (TPSA) is 106 Å². The Morgan fingerprint density at radius 3 is 2.90 bits per heavy atom. The minimum absolute atomic E-state index is 0.210. The number of hydrogen-bond donors (Lipinski definition) is 5. The van der Waals surface area contributed by atoms with Crippen molar-refractivity contribution < 1.29 is 9.90 Å². The number of aromatic amines is 1. The molecule has 21 heavy (non-hydrogen) atoms. The van der Waals surface area contributed by atoms with E-state index in [4.69, 9.17) is 17.3 Å². The van der Waals surface area contributed by atoms with Crippen LogP contribution in [0.3, 0.4) is 0 Å². The van der Waals surface area contributed by atoms with Crippen molar-refractivity contribution in [3.05, 3.63) is 20.3 Å². The monoisotopic (exact) mass is 439 g/mol. The van der Waals surface area contributed by atoms with Crippen molar-refractivity contribution in [1.82, 2.24) is 20.5 Å². The summed E-state index contributed by atoms with van der Waals surface area (Å²) in [5.74, 6) is -0.210. The maximum atomic E-state index is 12.8. The molecule has 10 heteroatoms. The lowest BCUT2D eigenvalue weighted by Crippen LogP contribution is -2.66. The van der Waals surface area contributed by atoms with Gasteiger partial charge in [-0.2, -0.15) is 0 Å². The number of nitrogens with one attached hydrogen (secondary N) is 3. The van der Waals surface area contributed by atoms with Crippen LogP contribution in [-0.2, 0) is 0 Å². The van der Waals surface area contributed by atoms with Crippen molar-refractivity contribution in [3.8, 4) is 0 Å². The van der Waals surface area contributed by atoms with Gasteiger partial charge in [-0.05, 0) is 31.9 Å². The molecule has 5 atom stereocenters. The summed E-state index contributed by atoms with van der Waals surface area (Å²) in [4.78, 5) is 17.4. The van der Waals surface area contributed by atoms with E-state index >= 15 is 0 Å². The molecule has 3 aliphatic rings. The van der Waals surface area contributed by atoms with Crippen LogP contribution in [0, 0.1) is 0 Å². The highest BCUT2D eigenvalue weighted by Crippen LogP contribution is 2.50. The number of H-pyrrole nitrogens is 1. The van der Waals surface area contributed by atoms with E-state index in [1.807, 2.05) is 0 Å². The van der Waals surface area contributed by atoms with Crippen LogP contribution in [0.4, 0.5) is 0 Å². The number of nitrogens with zero attached hydrogens (tertiary/aromatic N) is 1. The molecule has 2 saturated heterocycles. The second-order valence-electron chi connectivity index (χ2n) is 5.47. The largest absolute Gasteiger partial charge is 0.388 e.